The minimum absolute atomic E-state index is 0.105. The van der Waals surface area contributed by atoms with E-state index >= 15 is 0 Å². The Morgan fingerprint density at radius 3 is 2.60 bits per heavy atom. The van der Waals surface area contributed by atoms with E-state index in [0.717, 1.165) is 6.42 Å². The molecule has 0 radical (unpaired) electrons. The molecule has 2 amide bonds. The largest absolute Gasteiger partial charge is 0.366 e. The van der Waals surface area contributed by atoms with E-state index in [0.29, 0.717) is 17.7 Å². The van der Waals surface area contributed by atoms with E-state index in [-0.39, 0.29) is 5.91 Å². The number of primary amides is 1. The van der Waals surface area contributed by atoms with Crippen LogP contribution in [0.15, 0.2) is 24.3 Å². The molecule has 0 unspecified atom stereocenters. The number of amides is 2. The van der Waals surface area contributed by atoms with Gasteiger partial charge in [0.15, 0.2) is 0 Å². The molecule has 4 heteroatoms. The van der Waals surface area contributed by atoms with Gasteiger partial charge in [-0.15, -0.1) is 0 Å². The zero-order valence-electron chi connectivity index (χ0n) is 8.62. The van der Waals surface area contributed by atoms with Crippen LogP contribution in [0.4, 0.5) is 5.69 Å². The highest BCUT2D eigenvalue weighted by Crippen LogP contribution is 2.14. The minimum Gasteiger partial charge on any atom is -0.366 e. The smallest absolute Gasteiger partial charge is 0.250 e. The van der Waals surface area contributed by atoms with Gasteiger partial charge < -0.3 is 11.1 Å². The van der Waals surface area contributed by atoms with Crippen LogP contribution in [-0.4, -0.2) is 11.8 Å². The average Bonchev–Trinajstić information content (AvgIpc) is 2.18. The summed E-state index contributed by atoms with van der Waals surface area (Å²) in [5.74, 6) is -0.645. The Labute approximate surface area is 88.5 Å². The molecule has 0 aromatic heterocycles. The number of rotatable bonds is 4. The number of carbonyl (C=O) groups is 2. The molecule has 0 fully saturated rings. The molecule has 15 heavy (non-hydrogen) atoms. The zero-order valence-corrected chi connectivity index (χ0v) is 8.62. The monoisotopic (exact) mass is 206 g/mol. The summed E-state index contributed by atoms with van der Waals surface area (Å²) < 4.78 is 0. The Kier molecular flexibility index (Phi) is 3.85. The molecule has 0 saturated carbocycles. The number of carbonyl (C=O) groups excluding carboxylic acids is 2. The summed E-state index contributed by atoms with van der Waals surface area (Å²) in [5, 5.41) is 2.65. The first-order valence-electron chi connectivity index (χ1n) is 4.83. The van der Waals surface area contributed by atoms with Crippen molar-refractivity contribution in [1.29, 1.82) is 0 Å². The summed E-state index contributed by atoms with van der Waals surface area (Å²) in [5.41, 5.74) is 5.98. The van der Waals surface area contributed by atoms with Gasteiger partial charge in [0.1, 0.15) is 0 Å². The molecule has 0 aliphatic rings. The number of nitrogens with two attached hydrogens (primary N) is 1. The fourth-order valence-corrected chi connectivity index (χ4v) is 1.25. The molecule has 1 rings (SSSR count). The van der Waals surface area contributed by atoms with E-state index < -0.39 is 5.91 Å². The van der Waals surface area contributed by atoms with Crippen LogP contribution in [0.1, 0.15) is 30.1 Å². The third-order valence-electron chi connectivity index (χ3n) is 1.94. The van der Waals surface area contributed by atoms with Crippen molar-refractivity contribution < 1.29 is 9.59 Å². The van der Waals surface area contributed by atoms with Crippen LogP contribution in [0.3, 0.4) is 0 Å². The van der Waals surface area contributed by atoms with Crippen molar-refractivity contribution in [2.24, 2.45) is 5.73 Å². The second kappa shape index (κ2) is 5.14. The summed E-state index contributed by atoms with van der Waals surface area (Å²) in [6.45, 7) is 1.92. The molecule has 0 saturated heterocycles. The van der Waals surface area contributed by atoms with Crippen LogP contribution >= 0.6 is 0 Å². The van der Waals surface area contributed by atoms with Gasteiger partial charge in [-0.25, -0.2) is 0 Å². The van der Waals surface area contributed by atoms with Crippen LogP contribution in [-0.2, 0) is 4.79 Å². The van der Waals surface area contributed by atoms with Gasteiger partial charge in [0.05, 0.1) is 11.3 Å². The van der Waals surface area contributed by atoms with Gasteiger partial charge in [-0.05, 0) is 18.6 Å². The predicted octanol–water partition coefficient (Wildman–Crippen LogP) is 1.52. The topological polar surface area (TPSA) is 72.2 Å². The molecule has 1 aromatic rings. The van der Waals surface area contributed by atoms with Crippen molar-refractivity contribution in [3.05, 3.63) is 29.8 Å². The number of nitrogens with one attached hydrogen (secondary N) is 1. The predicted molar refractivity (Wildman–Crippen MR) is 58.5 cm³/mol. The van der Waals surface area contributed by atoms with Crippen molar-refractivity contribution >= 4 is 17.5 Å². The summed E-state index contributed by atoms with van der Waals surface area (Å²) in [6.07, 6.45) is 1.21. The Balaban J connectivity index is 2.84. The Morgan fingerprint density at radius 1 is 1.33 bits per heavy atom. The van der Waals surface area contributed by atoms with E-state index in [1.54, 1.807) is 24.3 Å². The number of hydrogen-bond donors (Lipinski definition) is 2. The number of hydrogen-bond acceptors (Lipinski definition) is 2. The molecule has 0 aliphatic heterocycles. The van der Waals surface area contributed by atoms with Crippen LogP contribution in [0.5, 0.6) is 0 Å². The van der Waals surface area contributed by atoms with Crippen molar-refractivity contribution in [2.75, 3.05) is 5.32 Å². The first-order valence-corrected chi connectivity index (χ1v) is 4.83. The van der Waals surface area contributed by atoms with Gasteiger partial charge in [0, 0.05) is 6.42 Å². The van der Waals surface area contributed by atoms with E-state index in [9.17, 15) is 9.59 Å². The summed E-state index contributed by atoms with van der Waals surface area (Å²) >= 11 is 0. The fraction of sp³-hybridized carbons (Fsp3) is 0.273. The fourth-order valence-electron chi connectivity index (χ4n) is 1.25. The van der Waals surface area contributed by atoms with Gasteiger partial charge in [0.2, 0.25) is 5.91 Å². The molecular weight excluding hydrogens is 192 g/mol. The number of anilines is 1. The van der Waals surface area contributed by atoms with Crippen LogP contribution in [0.2, 0.25) is 0 Å². The maximum atomic E-state index is 11.3. The summed E-state index contributed by atoms with van der Waals surface area (Å²) in [6, 6.07) is 6.70. The average molecular weight is 206 g/mol. The third-order valence-corrected chi connectivity index (χ3v) is 1.94. The lowest BCUT2D eigenvalue weighted by Crippen LogP contribution is -2.17. The number of para-hydroxylation sites is 1. The molecular formula is C11H14N2O2. The van der Waals surface area contributed by atoms with E-state index in [1.807, 2.05) is 6.92 Å². The van der Waals surface area contributed by atoms with Crippen LogP contribution in [0, 0.1) is 0 Å². The van der Waals surface area contributed by atoms with Crippen molar-refractivity contribution in [3.63, 3.8) is 0 Å². The van der Waals surface area contributed by atoms with Gasteiger partial charge in [-0.3, -0.25) is 9.59 Å². The van der Waals surface area contributed by atoms with E-state index in [4.69, 9.17) is 5.73 Å². The second-order valence-electron chi connectivity index (χ2n) is 3.21. The second-order valence-corrected chi connectivity index (χ2v) is 3.21. The lowest BCUT2D eigenvalue weighted by molar-refractivity contribution is -0.116. The molecule has 3 N–H and O–H groups in total. The lowest BCUT2D eigenvalue weighted by atomic mass is 10.1. The Hall–Kier alpha value is -1.84. The van der Waals surface area contributed by atoms with Crippen LogP contribution < -0.4 is 11.1 Å². The SMILES string of the molecule is CCCC(=O)Nc1ccccc1C(N)=O. The van der Waals surface area contributed by atoms with Crippen molar-refractivity contribution in [3.8, 4) is 0 Å². The Bertz CT molecular complexity index is 375. The highest BCUT2D eigenvalue weighted by molar-refractivity contribution is 6.02. The van der Waals surface area contributed by atoms with Crippen molar-refractivity contribution in [1.82, 2.24) is 0 Å². The molecule has 80 valence electrons. The van der Waals surface area contributed by atoms with Gasteiger partial charge in [-0.2, -0.15) is 0 Å². The first-order chi connectivity index (χ1) is 7.15. The Morgan fingerprint density at radius 2 is 2.00 bits per heavy atom. The zero-order chi connectivity index (χ0) is 11.3. The lowest BCUT2D eigenvalue weighted by Gasteiger charge is -2.07. The highest BCUT2D eigenvalue weighted by Gasteiger charge is 2.08. The maximum Gasteiger partial charge on any atom is 0.250 e. The van der Waals surface area contributed by atoms with Gasteiger partial charge in [-0.1, -0.05) is 19.1 Å². The molecule has 0 bridgehead atoms. The summed E-state index contributed by atoms with van der Waals surface area (Å²) in [7, 11) is 0. The number of benzene rings is 1. The molecule has 0 atom stereocenters. The molecule has 0 spiro atoms. The van der Waals surface area contributed by atoms with Gasteiger partial charge in [0.25, 0.3) is 5.91 Å². The van der Waals surface area contributed by atoms with E-state index in [2.05, 4.69) is 5.32 Å². The highest BCUT2D eigenvalue weighted by atomic mass is 16.2. The molecule has 4 nitrogen and oxygen atoms in total. The summed E-state index contributed by atoms with van der Waals surface area (Å²) in [4.78, 5) is 22.4. The van der Waals surface area contributed by atoms with E-state index in [1.165, 1.54) is 0 Å². The molecule has 0 aliphatic carbocycles. The van der Waals surface area contributed by atoms with Gasteiger partial charge >= 0.3 is 0 Å². The minimum atomic E-state index is -0.539. The standard InChI is InChI=1S/C11H14N2O2/c1-2-5-10(14)13-9-7-4-3-6-8(9)11(12)15/h3-4,6-7H,2,5H2,1H3,(H2,12,15)(H,13,14). The third kappa shape index (κ3) is 3.09. The normalized spacial score (nSPS) is 9.67. The maximum absolute atomic E-state index is 11.3. The molecule has 1 aromatic carbocycles. The molecule has 0 heterocycles. The van der Waals surface area contributed by atoms with Crippen LogP contribution in [0.25, 0.3) is 0 Å². The first kappa shape index (κ1) is 11.2. The van der Waals surface area contributed by atoms with Crippen molar-refractivity contribution in [2.45, 2.75) is 19.8 Å². The quantitative estimate of drug-likeness (QED) is 0.784.